The summed E-state index contributed by atoms with van der Waals surface area (Å²) in [5.41, 5.74) is 0. The molecule has 0 aromatic carbocycles. The minimum Gasteiger partial charge on any atom is -0.545 e. The number of hydrogen-bond acceptors (Lipinski definition) is 8. The van der Waals surface area contributed by atoms with E-state index in [1.807, 2.05) is 21.1 Å². The number of carbonyl (C=O) groups is 3. The number of aliphatic carboxylic acids is 1. The van der Waals surface area contributed by atoms with Crippen molar-refractivity contribution in [3.05, 3.63) is 60.8 Å². The topological polar surface area (TPSA) is 111 Å². The molecule has 0 aromatic rings. The summed E-state index contributed by atoms with van der Waals surface area (Å²) in [6, 6.07) is 0. The number of ether oxygens (including phenoxy) is 4. The molecule has 0 bridgehead atoms. The van der Waals surface area contributed by atoms with Crippen LogP contribution >= 0.6 is 0 Å². The Morgan fingerprint density at radius 2 is 0.687 bits per heavy atom. The highest BCUT2D eigenvalue weighted by Gasteiger charge is 2.22. The third-order valence-electron chi connectivity index (χ3n) is 15.7. The van der Waals surface area contributed by atoms with Crippen LogP contribution in [0.3, 0.4) is 0 Å². The largest absolute Gasteiger partial charge is 0.545 e. The van der Waals surface area contributed by atoms with E-state index < -0.39 is 24.3 Å². The lowest BCUT2D eigenvalue weighted by Gasteiger charge is -2.26. The number of unbranched alkanes of at least 4 members (excludes halogenated alkanes) is 41. The quantitative estimate of drug-likeness (QED) is 0.0195. The molecule has 484 valence electrons. The summed E-state index contributed by atoms with van der Waals surface area (Å²) >= 11 is 0. The normalized spacial score (nSPS) is 13.0. The van der Waals surface area contributed by atoms with Crippen molar-refractivity contribution in [2.24, 2.45) is 0 Å². The average molecular weight is 1170 g/mol. The van der Waals surface area contributed by atoms with Crippen LogP contribution in [-0.4, -0.2) is 82.3 Å². The predicted molar refractivity (Wildman–Crippen MR) is 352 cm³/mol. The van der Waals surface area contributed by atoms with Gasteiger partial charge in [-0.25, -0.2) is 0 Å². The predicted octanol–water partition coefficient (Wildman–Crippen LogP) is 20.6. The first-order chi connectivity index (χ1) is 40.6. The number of rotatable bonds is 66. The van der Waals surface area contributed by atoms with Gasteiger partial charge in [0.2, 0.25) is 0 Å². The van der Waals surface area contributed by atoms with Crippen molar-refractivity contribution in [1.29, 1.82) is 0 Å². The second-order valence-corrected chi connectivity index (χ2v) is 25.1. The number of carboxylic acid groups (broad SMARTS) is 1. The zero-order chi connectivity index (χ0) is 60.5. The van der Waals surface area contributed by atoms with Crippen LogP contribution in [0.5, 0.6) is 0 Å². The van der Waals surface area contributed by atoms with Crippen LogP contribution in [0.15, 0.2) is 60.8 Å². The molecule has 2 unspecified atom stereocenters. The molecule has 0 heterocycles. The molecule has 0 amide bonds. The fourth-order valence-electron chi connectivity index (χ4n) is 10.4. The molecule has 0 spiro atoms. The van der Waals surface area contributed by atoms with Crippen molar-refractivity contribution in [3.8, 4) is 0 Å². The monoisotopic (exact) mass is 1170 g/mol. The molecular formula is C74H135NO8. The summed E-state index contributed by atoms with van der Waals surface area (Å²) in [6.07, 6.45) is 81.7. The number of esters is 2. The maximum Gasteiger partial charge on any atom is 0.306 e. The lowest BCUT2D eigenvalue weighted by atomic mass is 10.0. The molecule has 0 aromatic heterocycles. The maximum atomic E-state index is 12.9. The molecule has 0 aliphatic carbocycles. The molecule has 9 nitrogen and oxygen atoms in total. The summed E-state index contributed by atoms with van der Waals surface area (Å²) in [4.78, 5) is 37.5. The van der Waals surface area contributed by atoms with Crippen LogP contribution in [0, 0.1) is 0 Å². The number of nitrogens with zero attached hydrogens (tertiary/aromatic N) is 1. The van der Waals surface area contributed by atoms with Crippen LogP contribution < -0.4 is 5.11 Å². The first kappa shape index (κ1) is 80.0. The number of likely N-dealkylation sites (N-methyl/N-ethyl adjacent to an activating group) is 1. The Hall–Kier alpha value is -3.01. The van der Waals surface area contributed by atoms with Crippen molar-refractivity contribution in [2.45, 2.75) is 347 Å². The fourth-order valence-corrected chi connectivity index (χ4v) is 10.4. The van der Waals surface area contributed by atoms with E-state index in [4.69, 9.17) is 18.9 Å². The Balaban J connectivity index is 4.03. The zero-order valence-electron chi connectivity index (χ0n) is 55.3. The highest BCUT2D eigenvalue weighted by atomic mass is 16.7. The van der Waals surface area contributed by atoms with E-state index in [1.54, 1.807) is 0 Å². The summed E-state index contributed by atoms with van der Waals surface area (Å²) in [7, 11) is 5.93. The molecule has 0 aliphatic heterocycles. The minimum atomic E-state index is -1.62. The molecule has 0 saturated heterocycles. The van der Waals surface area contributed by atoms with Crippen molar-refractivity contribution >= 4 is 17.9 Å². The molecule has 83 heavy (non-hydrogen) atoms. The molecular weight excluding hydrogens is 1030 g/mol. The lowest BCUT2D eigenvalue weighted by Crippen LogP contribution is -2.44. The summed E-state index contributed by atoms with van der Waals surface area (Å²) in [6.45, 7) is 4.68. The van der Waals surface area contributed by atoms with Gasteiger partial charge in [0, 0.05) is 12.8 Å². The van der Waals surface area contributed by atoms with E-state index in [0.717, 1.165) is 70.6 Å². The third-order valence-corrected chi connectivity index (χ3v) is 15.7. The second kappa shape index (κ2) is 65.0. The van der Waals surface area contributed by atoms with E-state index in [1.165, 1.54) is 231 Å². The Morgan fingerprint density at radius 3 is 1.04 bits per heavy atom. The van der Waals surface area contributed by atoms with Crippen LogP contribution in [-0.2, 0) is 33.3 Å². The van der Waals surface area contributed by atoms with E-state index in [9.17, 15) is 19.5 Å². The molecule has 0 saturated carbocycles. The number of carbonyl (C=O) groups excluding carboxylic acids is 3. The number of carboxylic acids is 1. The van der Waals surface area contributed by atoms with Gasteiger partial charge in [0.1, 0.15) is 13.2 Å². The smallest absolute Gasteiger partial charge is 0.306 e. The van der Waals surface area contributed by atoms with E-state index in [0.29, 0.717) is 23.9 Å². The summed E-state index contributed by atoms with van der Waals surface area (Å²) in [5.74, 6) is -2.27. The van der Waals surface area contributed by atoms with Gasteiger partial charge in [-0.2, -0.15) is 0 Å². The van der Waals surface area contributed by atoms with Gasteiger partial charge in [-0.15, -0.1) is 0 Å². The Bertz CT molecular complexity index is 1550. The van der Waals surface area contributed by atoms with Gasteiger partial charge in [0.15, 0.2) is 12.4 Å². The second-order valence-electron chi connectivity index (χ2n) is 25.1. The van der Waals surface area contributed by atoms with Gasteiger partial charge in [0.25, 0.3) is 0 Å². The Kier molecular flexibility index (Phi) is 62.6. The Morgan fingerprint density at radius 1 is 0.373 bits per heavy atom. The molecule has 2 atom stereocenters. The number of quaternary nitrogens is 1. The van der Waals surface area contributed by atoms with Crippen LogP contribution in [0.1, 0.15) is 335 Å². The maximum absolute atomic E-state index is 12.9. The van der Waals surface area contributed by atoms with Crippen LogP contribution in [0.2, 0.25) is 0 Å². The SMILES string of the molecule is CC/C=C\C/C=C\C/C=C\C/C=C\CCCCCCCCCCCCC(=O)OC(COC(=O)CCCCCCCCCCCCCCCCCCCCCCCCC/C=C\CCCCCCCCCC)COC(OCC[N+](C)(C)C)C(=O)[O-]. The zero-order valence-corrected chi connectivity index (χ0v) is 55.3. The van der Waals surface area contributed by atoms with Gasteiger partial charge in [-0.3, -0.25) is 9.59 Å². The minimum absolute atomic E-state index is 0.147. The fraction of sp³-hybridized carbons (Fsp3) is 0.824. The van der Waals surface area contributed by atoms with Crippen LogP contribution in [0.4, 0.5) is 0 Å². The van der Waals surface area contributed by atoms with Crippen molar-refractivity contribution in [3.63, 3.8) is 0 Å². The number of hydrogen-bond donors (Lipinski definition) is 0. The van der Waals surface area contributed by atoms with Crippen molar-refractivity contribution in [2.75, 3.05) is 47.5 Å². The van der Waals surface area contributed by atoms with Crippen LogP contribution in [0.25, 0.3) is 0 Å². The van der Waals surface area contributed by atoms with Crippen molar-refractivity contribution in [1.82, 2.24) is 0 Å². The van der Waals surface area contributed by atoms with Gasteiger partial charge in [0.05, 0.1) is 40.3 Å². The van der Waals surface area contributed by atoms with Gasteiger partial charge >= 0.3 is 11.9 Å². The highest BCUT2D eigenvalue weighted by Crippen LogP contribution is 2.18. The van der Waals surface area contributed by atoms with Gasteiger partial charge in [-0.05, 0) is 77.0 Å². The molecule has 0 aliphatic rings. The van der Waals surface area contributed by atoms with Gasteiger partial charge in [-0.1, -0.05) is 306 Å². The molecule has 0 radical (unpaired) electrons. The molecule has 9 heteroatoms. The first-order valence-electron chi connectivity index (χ1n) is 35.4. The molecule has 0 N–H and O–H groups in total. The molecule has 0 fully saturated rings. The molecule has 0 rings (SSSR count). The van der Waals surface area contributed by atoms with E-state index >= 15 is 0 Å². The number of allylic oxidation sites excluding steroid dienone is 10. The highest BCUT2D eigenvalue weighted by molar-refractivity contribution is 5.70. The summed E-state index contributed by atoms with van der Waals surface area (Å²) < 4.78 is 22.8. The lowest BCUT2D eigenvalue weighted by molar-refractivity contribution is -0.870. The standard InChI is InChI=1S/C74H135NO8/c1-6-8-10-12-14-16-18-20-22-24-26-28-30-31-32-33-34-35-36-37-38-39-40-41-43-44-46-48-50-52-54-56-58-60-62-64-71(76)81-68-70(69-82-74(73(78)79)80-67-66-75(3,4)5)83-72(77)65-63-61-59-57-55-53-51-49-47-45-42-29-27-25-23-21-19-17-15-13-11-9-7-2/h9,11,15,17,21,23-24,26-27,29,70,74H,6-8,10,12-14,16,18-20,22,25,28,30-69H2,1-5H3/b11-9-,17-15-,23-21-,26-24-,29-27-. The Labute approximate surface area is 514 Å². The summed E-state index contributed by atoms with van der Waals surface area (Å²) in [5, 5.41) is 11.8. The van der Waals surface area contributed by atoms with E-state index in [2.05, 4.69) is 74.6 Å². The third kappa shape index (κ3) is 66.4. The average Bonchev–Trinajstić information content (AvgIpc) is 3.46. The van der Waals surface area contributed by atoms with E-state index in [-0.39, 0.29) is 32.2 Å². The first-order valence-corrected chi connectivity index (χ1v) is 35.4. The van der Waals surface area contributed by atoms with Gasteiger partial charge < -0.3 is 33.3 Å². The van der Waals surface area contributed by atoms with Crippen molar-refractivity contribution < 1.29 is 42.9 Å².